The van der Waals surface area contributed by atoms with Gasteiger partial charge in [0.25, 0.3) is 11.8 Å². The highest BCUT2D eigenvalue weighted by molar-refractivity contribution is 7.99. The van der Waals surface area contributed by atoms with Crippen molar-refractivity contribution >= 4 is 29.5 Å². The lowest BCUT2D eigenvalue weighted by atomic mass is 10.2. The van der Waals surface area contributed by atoms with E-state index in [1.54, 1.807) is 24.3 Å². The number of hydrogen-bond acceptors (Lipinski definition) is 5. The van der Waals surface area contributed by atoms with E-state index >= 15 is 0 Å². The summed E-state index contributed by atoms with van der Waals surface area (Å²) in [5.41, 5.74) is 5.28. The highest BCUT2D eigenvalue weighted by Crippen LogP contribution is 2.17. The minimum Gasteiger partial charge on any atom is -0.483 e. The Balaban J connectivity index is 2.49. The van der Waals surface area contributed by atoms with Crippen LogP contribution < -0.4 is 15.8 Å². The molecule has 114 valence electrons. The van der Waals surface area contributed by atoms with Crippen molar-refractivity contribution in [1.29, 1.82) is 0 Å². The van der Waals surface area contributed by atoms with Crippen LogP contribution in [0.15, 0.2) is 24.3 Å². The van der Waals surface area contributed by atoms with Gasteiger partial charge in [0.15, 0.2) is 6.61 Å². The number of carbonyl (C=O) groups excluding carboxylic acids is 2. The zero-order valence-corrected chi connectivity index (χ0v) is 12.0. The number of aliphatic carboxylic acids is 1. The second kappa shape index (κ2) is 8.85. The number of amides is 2. The number of para-hydroxylation sites is 1. The molecule has 2 amide bonds. The van der Waals surface area contributed by atoms with Gasteiger partial charge in [0, 0.05) is 12.3 Å². The fourth-order valence-electron chi connectivity index (χ4n) is 1.42. The fourth-order valence-corrected chi connectivity index (χ4v) is 1.99. The molecule has 0 aliphatic rings. The summed E-state index contributed by atoms with van der Waals surface area (Å²) in [6.45, 7) is 0.0275. The third-order valence-corrected chi connectivity index (χ3v) is 3.20. The van der Waals surface area contributed by atoms with Crippen molar-refractivity contribution < 1.29 is 24.2 Å². The summed E-state index contributed by atoms with van der Waals surface area (Å²) in [6, 6.07) is 6.48. The normalized spacial score (nSPS) is 9.90. The maximum absolute atomic E-state index is 12.0. The Bertz CT molecular complexity index is 521. The molecule has 0 heterocycles. The number of rotatable bonds is 9. The summed E-state index contributed by atoms with van der Waals surface area (Å²) in [7, 11) is 0. The zero-order valence-electron chi connectivity index (χ0n) is 11.2. The quantitative estimate of drug-likeness (QED) is 0.556. The smallest absolute Gasteiger partial charge is 0.313 e. The van der Waals surface area contributed by atoms with E-state index in [9.17, 15) is 14.4 Å². The summed E-state index contributed by atoms with van der Waals surface area (Å²) >= 11 is 1.21. The van der Waals surface area contributed by atoms with Crippen LogP contribution >= 0.6 is 11.8 Å². The van der Waals surface area contributed by atoms with Crippen molar-refractivity contribution in [2.24, 2.45) is 5.73 Å². The van der Waals surface area contributed by atoms with Gasteiger partial charge >= 0.3 is 5.97 Å². The van der Waals surface area contributed by atoms with Crippen LogP contribution in [0.5, 0.6) is 5.75 Å². The van der Waals surface area contributed by atoms with Crippen LogP contribution in [-0.2, 0) is 9.59 Å². The first kappa shape index (κ1) is 16.8. The van der Waals surface area contributed by atoms with Crippen LogP contribution in [0.2, 0.25) is 0 Å². The van der Waals surface area contributed by atoms with Crippen LogP contribution in [0, 0.1) is 0 Å². The van der Waals surface area contributed by atoms with E-state index in [2.05, 4.69) is 5.32 Å². The number of benzene rings is 1. The van der Waals surface area contributed by atoms with Crippen LogP contribution in [0.4, 0.5) is 0 Å². The molecule has 4 N–H and O–H groups in total. The average molecular weight is 312 g/mol. The maximum atomic E-state index is 12.0. The monoisotopic (exact) mass is 312 g/mol. The number of carboxylic acids is 1. The summed E-state index contributed by atoms with van der Waals surface area (Å²) in [4.78, 5) is 33.0. The molecule has 0 saturated heterocycles. The predicted molar refractivity (Wildman–Crippen MR) is 78.4 cm³/mol. The van der Waals surface area contributed by atoms with Crippen molar-refractivity contribution in [2.75, 3.05) is 24.7 Å². The largest absolute Gasteiger partial charge is 0.483 e. The van der Waals surface area contributed by atoms with E-state index < -0.39 is 11.9 Å². The topological polar surface area (TPSA) is 119 Å². The summed E-state index contributed by atoms with van der Waals surface area (Å²) < 4.78 is 5.16. The third-order valence-electron chi connectivity index (χ3n) is 2.26. The highest BCUT2D eigenvalue weighted by atomic mass is 32.2. The standard InChI is InChI=1S/C13H16N2O5S/c14-11(16)7-20-10-4-2-1-3-9(10)13(19)15-5-6-21-8-12(17)18/h1-4H,5-8H2,(H2,14,16)(H,15,19)(H,17,18). The SMILES string of the molecule is NC(=O)COc1ccccc1C(=O)NCCSCC(=O)O. The van der Waals surface area contributed by atoms with Crippen molar-refractivity contribution in [3.05, 3.63) is 29.8 Å². The average Bonchev–Trinajstić information content (AvgIpc) is 2.44. The lowest BCUT2D eigenvalue weighted by Gasteiger charge is -2.10. The second-order valence-corrected chi connectivity index (χ2v) is 5.06. The first-order valence-corrected chi connectivity index (χ1v) is 7.24. The maximum Gasteiger partial charge on any atom is 0.313 e. The molecule has 7 nitrogen and oxygen atoms in total. The first-order chi connectivity index (χ1) is 10.0. The number of primary amides is 1. The van der Waals surface area contributed by atoms with Gasteiger partial charge in [-0.25, -0.2) is 0 Å². The molecule has 0 spiro atoms. The minimum atomic E-state index is -0.892. The Morgan fingerprint density at radius 3 is 2.67 bits per heavy atom. The molecule has 0 atom stereocenters. The number of hydrogen-bond donors (Lipinski definition) is 3. The van der Waals surface area contributed by atoms with Gasteiger partial charge in [0.2, 0.25) is 0 Å². The molecule has 0 unspecified atom stereocenters. The Labute approximate surface area is 125 Å². The molecule has 0 aliphatic heterocycles. The Hall–Kier alpha value is -2.22. The van der Waals surface area contributed by atoms with Gasteiger partial charge in [-0.05, 0) is 12.1 Å². The van der Waals surface area contributed by atoms with Gasteiger partial charge in [-0.2, -0.15) is 0 Å². The molecule has 1 aromatic rings. The second-order valence-electron chi connectivity index (χ2n) is 3.95. The number of nitrogens with two attached hydrogens (primary N) is 1. The third kappa shape index (κ3) is 6.66. The highest BCUT2D eigenvalue weighted by Gasteiger charge is 2.12. The van der Waals surface area contributed by atoms with Gasteiger partial charge in [-0.3, -0.25) is 14.4 Å². The van der Waals surface area contributed by atoms with Gasteiger partial charge in [-0.1, -0.05) is 12.1 Å². The Morgan fingerprint density at radius 2 is 2.00 bits per heavy atom. The van der Waals surface area contributed by atoms with E-state index in [-0.39, 0.29) is 24.0 Å². The molecule has 1 rings (SSSR count). The minimum absolute atomic E-state index is 0.00577. The molecule has 0 radical (unpaired) electrons. The molecule has 0 saturated carbocycles. The van der Waals surface area contributed by atoms with E-state index in [1.165, 1.54) is 11.8 Å². The summed E-state index contributed by atoms with van der Waals surface area (Å²) in [5.74, 6) is -1.12. The lowest BCUT2D eigenvalue weighted by molar-refractivity contribution is -0.133. The predicted octanol–water partition coefficient (Wildman–Crippen LogP) is 0.0983. The van der Waals surface area contributed by atoms with Gasteiger partial charge < -0.3 is 20.9 Å². The number of ether oxygens (including phenoxy) is 1. The molecule has 0 aliphatic carbocycles. The van der Waals surface area contributed by atoms with Crippen molar-refractivity contribution in [2.45, 2.75) is 0 Å². The van der Waals surface area contributed by atoms with Gasteiger partial charge in [-0.15, -0.1) is 11.8 Å². The van der Waals surface area contributed by atoms with Crippen molar-refractivity contribution in [3.8, 4) is 5.75 Å². The molecular formula is C13H16N2O5S. The van der Waals surface area contributed by atoms with E-state index in [1.807, 2.05) is 0 Å². The van der Waals surface area contributed by atoms with Crippen LogP contribution in [0.3, 0.4) is 0 Å². The van der Waals surface area contributed by atoms with Gasteiger partial charge in [0.05, 0.1) is 11.3 Å². The fraction of sp³-hybridized carbons (Fsp3) is 0.308. The van der Waals surface area contributed by atoms with Crippen LogP contribution in [0.25, 0.3) is 0 Å². The molecule has 0 aromatic heterocycles. The lowest BCUT2D eigenvalue weighted by Crippen LogP contribution is -2.27. The number of thioether (sulfide) groups is 1. The molecule has 0 bridgehead atoms. The molecule has 0 fully saturated rings. The molecule has 8 heteroatoms. The van der Waals surface area contributed by atoms with E-state index in [0.29, 0.717) is 17.9 Å². The zero-order chi connectivity index (χ0) is 15.7. The molecular weight excluding hydrogens is 296 g/mol. The Morgan fingerprint density at radius 1 is 1.29 bits per heavy atom. The molecule has 21 heavy (non-hydrogen) atoms. The van der Waals surface area contributed by atoms with E-state index in [4.69, 9.17) is 15.6 Å². The van der Waals surface area contributed by atoms with Crippen molar-refractivity contribution in [1.82, 2.24) is 5.32 Å². The molecule has 1 aromatic carbocycles. The summed E-state index contributed by atoms with van der Waals surface area (Å²) in [6.07, 6.45) is 0. The van der Waals surface area contributed by atoms with E-state index in [0.717, 1.165) is 0 Å². The van der Waals surface area contributed by atoms with Crippen molar-refractivity contribution in [3.63, 3.8) is 0 Å². The van der Waals surface area contributed by atoms with Crippen LogP contribution in [0.1, 0.15) is 10.4 Å². The Kier molecular flexibility index (Phi) is 7.10. The number of nitrogens with one attached hydrogen (secondary N) is 1. The van der Waals surface area contributed by atoms with Crippen LogP contribution in [-0.4, -0.2) is 47.5 Å². The summed E-state index contributed by atoms with van der Waals surface area (Å²) in [5, 5.41) is 11.1. The first-order valence-electron chi connectivity index (χ1n) is 6.08. The number of carbonyl (C=O) groups is 3. The number of carboxylic acid groups (broad SMARTS) is 1. The van der Waals surface area contributed by atoms with Gasteiger partial charge in [0.1, 0.15) is 5.75 Å².